The van der Waals surface area contributed by atoms with Crippen molar-refractivity contribution < 1.29 is 9.59 Å². The highest BCUT2D eigenvalue weighted by Gasteiger charge is 2.47. The average Bonchev–Trinajstić information content (AvgIpc) is 3.47. The van der Waals surface area contributed by atoms with Gasteiger partial charge in [0.2, 0.25) is 11.8 Å². The molecule has 154 valence electrons. The van der Waals surface area contributed by atoms with E-state index in [1.54, 1.807) is 0 Å². The lowest BCUT2D eigenvalue weighted by atomic mass is 9.92. The van der Waals surface area contributed by atoms with Gasteiger partial charge in [0.25, 0.3) is 0 Å². The van der Waals surface area contributed by atoms with E-state index in [2.05, 4.69) is 54.0 Å². The minimum atomic E-state index is 0.222. The number of aryl methyl sites for hydroxylation is 3. The molecule has 2 amide bonds. The molecule has 2 bridgehead atoms. The number of amides is 2. The predicted molar refractivity (Wildman–Crippen MR) is 113 cm³/mol. The maximum atomic E-state index is 13.0. The van der Waals surface area contributed by atoms with Crippen LogP contribution in [0.2, 0.25) is 0 Å². The first-order valence-electron chi connectivity index (χ1n) is 11.3. The summed E-state index contributed by atoms with van der Waals surface area (Å²) in [6.45, 7) is 7.61. The second-order valence-corrected chi connectivity index (χ2v) is 9.87. The van der Waals surface area contributed by atoms with Gasteiger partial charge in [-0.15, -0.1) is 0 Å². The van der Waals surface area contributed by atoms with E-state index in [0.29, 0.717) is 36.0 Å². The van der Waals surface area contributed by atoms with Crippen molar-refractivity contribution in [1.29, 1.82) is 0 Å². The van der Waals surface area contributed by atoms with E-state index >= 15 is 0 Å². The number of nitrogens with zero attached hydrogens (tertiary/aromatic N) is 2. The zero-order chi connectivity index (χ0) is 20.1. The molecule has 0 spiro atoms. The summed E-state index contributed by atoms with van der Waals surface area (Å²) in [5.74, 6) is 2.94. The van der Waals surface area contributed by atoms with Crippen LogP contribution >= 0.6 is 0 Å². The summed E-state index contributed by atoms with van der Waals surface area (Å²) in [5, 5.41) is 0. The van der Waals surface area contributed by atoms with Crippen molar-refractivity contribution in [2.75, 3.05) is 26.2 Å². The molecule has 4 nitrogen and oxygen atoms in total. The fraction of sp³-hybridized carbons (Fsp3) is 0.600. The summed E-state index contributed by atoms with van der Waals surface area (Å²) in [6.07, 6.45) is 8.20. The molecule has 0 N–H and O–H groups in total. The van der Waals surface area contributed by atoms with Crippen LogP contribution in [0.1, 0.15) is 36.0 Å². The Labute approximate surface area is 173 Å². The van der Waals surface area contributed by atoms with Crippen molar-refractivity contribution in [2.45, 2.75) is 39.5 Å². The van der Waals surface area contributed by atoms with Crippen LogP contribution in [0.3, 0.4) is 0 Å². The van der Waals surface area contributed by atoms with Gasteiger partial charge in [-0.2, -0.15) is 0 Å². The lowest BCUT2D eigenvalue weighted by molar-refractivity contribution is -0.135. The van der Waals surface area contributed by atoms with Crippen molar-refractivity contribution in [3.8, 4) is 0 Å². The Morgan fingerprint density at radius 2 is 1.66 bits per heavy atom. The van der Waals surface area contributed by atoms with Crippen LogP contribution in [-0.4, -0.2) is 47.8 Å². The zero-order valence-electron chi connectivity index (χ0n) is 17.6. The molecule has 1 aromatic rings. The van der Waals surface area contributed by atoms with Crippen molar-refractivity contribution in [3.63, 3.8) is 0 Å². The topological polar surface area (TPSA) is 40.6 Å². The van der Waals surface area contributed by atoms with Gasteiger partial charge in [0, 0.05) is 50.4 Å². The van der Waals surface area contributed by atoms with Gasteiger partial charge in [-0.1, -0.05) is 30.4 Å². The first-order chi connectivity index (χ1) is 14.0. The molecule has 0 radical (unpaired) electrons. The summed E-state index contributed by atoms with van der Waals surface area (Å²) in [7, 11) is 0. The van der Waals surface area contributed by atoms with Crippen LogP contribution in [0.25, 0.3) is 0 Å². The van der Waals surface area contributed by atoms with E-state index in [0.717, 1.165) is 39.0 Å². The van der Waals surface area contributed by atoms with E-state index in [1.807, 2.05) is 0 Å². The van der Waals surface area contributed by atoms with Crippen LogP contribution in [0.15, 0.2) is 30.4 Å². The lowest BCUT2D eigenvalue weighted by Crippen LogP contribution is -2.39. The molecule has 5 rings (SSSR count). The highest BCUT2D eigenvalue weighted by molar-refractivity contribution is 5.81. The number of hydrogen-bond acceptors (Lipinski definition) is 2. The maximum Gasteiger partial charge on any atom is 0.226 e. The summed E-state index contributed by atoms with van der Waals surface area (Å²) in [4.78, 5) is 29.9. The molecule has 5 atom stereocenters. The van der Waals surface area contributed by atoms with Gasteiger partial charge >= 0.3 is 0 Å². The minimum Gasteiger partial charge on any atom is -0.342 e. The molecule has 3 fully saturated rings. The molecular formula is C25H32N2O2. The van der Waals surface area contributed by atoms with Gasteiger partial charge < -0.3 is 9.80 Å². The highest BCUT2D eigenvalue weighted by Crippen LogP contribution is 2.45. The third-order valence-corrected chi connectivity index (χ3v) is 7.95. The Kier molecular flexibility index (Phi) is 4.76. The molecular weight excluding hydrogens is 360 g/mol. The van der Waals surface area contributed by atoms with Crippen molar-refractivity contribution in [1.82, 2.24) is 9.80 Å². The van der Waals surface area contributed by atoms with Gasteiger partial charge in [-0.25, -0.2) is 0 Å². The summed E-state index contributed by atoms with van der Waals surface area (Å²) in [5.41, 5.74) is 3.84. The molecule has 1 aromatic carbocycles. The lowest BCUT2D eigenvalue weighted by Gasteiger charge is -2.26. The van der Waals surface area contributed by atoms with Gasteiger partial charge in [-0.05, 0) is 61.6 Å². The number of carbonyl (C=O) groups is 2. The minimum absolute atomic E-state index is 0.222. The second kappa shape index (κ2) is 7.30. The fourth-order valence-corrected chi connectivity index (χ4v) is 6.04. The second-order valence-electron chi connectivity index (χ2n) is 9.87. The first-order valence-corrected chi connectivity index (χ1v) is 11.3. The Hall–Kier alpha value is -2.10. The Balaban J connectivity index is 1.12. The summed E-state index contributed by atoms with van der Waals surface area (Å²) >= 11 is 0. The van der Waals surface area contributed by atoms with Crippen molar-refractivity contribution in [3.05, 3.63) is 47.0 Å². The molecule has 2 heterocycles. The van der Waals surface area contributed by atoms with Gasteiger partial charge in [0.15, 0.2) is 0 Å². The smallest absolute Gasteiger partial charge is 0.226 e. The van der Waals surface area contributed by atoms with E-state index < -0.39 is 0 Å². The normalized spacial score (nSPS) is 32.3. The van der Waals surface area contributed by atoms with Crippen molar-refractivity contribution >= 4 is 11.8 Å². The number of fused-ring (bicyclic) bond motifs is 3. The zero-order valence-corrected chi connectivity index (χ0v) is 17.6. The van der Waals surface area contributed by atoms with E-state index in [1.165, 1.54) is 23.1 Å². The Bertz CT molecular complexity index is 846. The molecule has 4 aliphatic rings. The molecule has 4 heteroatoms. The predicted octanol–water partition coefficient (Wildman–Crippen LogP) is 3.37. The molecule has 29 heavy (non-hydrogen) atoms. The number of rotatable bonds is 4. The standard InChI is InChI=1S/C25H32N2O2/c1-16-3-4-18(9-17(16)2)6-8-24(28)26-12-21-14-27(15-22(21)13-26)25(29)23-11-19-5-7-20(23)10-19/h3-5,7,9,19-23H,6,8,10-15H2,1-2H3/t19-,20+,21-,22+,23-/m1/s1. The highest BCUT2D eigenvalue weighted by atomic mass is 16.2. The monoisotopic (exact) mass is 392 g/mol. The van der Waals surface area contributed by atoms with Crippen LogP contribution in [0.4, 0.5) is 0 Å². The SMILES string of the molecule is Cc1ccc(CCC(=O)N2C[C@@H]3CN(C(=O)[C@@H]4C[C@@H]5C=C[C@H]4C5)C[C@@H]3C2)cc1C. The van der Waals surface area contributed by atoms with Gasteiger partial charge in [0.05, 0.1) is 0 Å². The Morgan fingerprint density at radius 3 is 2.28 bits per heavy atom. The third-order valence-electron chi connectivity index (χ3n) is 7.95. The average molecular weight is 393 g/mol. The number of carbonyl (C=O) groups excluding carboxylic acids is 2. The summed E-state index contributed by atoms with van der Waals surface area (Å²) < 4.78 is 0. The maximum absolute atomic E-state index is 13.0. The van der Waals surface area contributed by atoms with Crippen LogP contribution in [0, 0.1) is 43.4 Å². The molecule has 0 aromatic heterocycles. The molecule has 2 aliphatic carbocycles. The number of hydrogen-bond donors (Lipinski definition) is 0. The van der Waals surface area contributed by atoms with Crippen LogP contribution in [0.5, 0.6) is 0 Å². The van der Waals surface area contributed by atoms with Gasteiger partial charge in [-0.3, -0.25) is 9.59 Å². The first kappa shape index (κ1) is 18.9. The quantitative estimate of drug-likeness (QED) is 0.737. The van der Waals surface area contributed by atoms with E-state index in [-0.39, 0.29) is 11.8 Å². The van der Waals surface area contributed by atoms with Crippen molar-refractivity contribution in [2.24, 2.45) is 29.6 Å². The number of allylic oxidation sites excluding steroid dienone is 2. The summed E-state index contributed by atoms with van der Waals surface area (Å²) in [6, 6.07) is 6.49. The van der Waals surface area contributed by atoms with Crippen LogP contribution < -0.4 is 0 Å². The molecule has 2 saturated heterocycles. The fourth-order valence-electron chi connectivity index (χ4n) is 6.04. The van der Waals surface area contributed by atoms with E-state index in [4.69, 9.17) is 0 Å². The van der Waals surface area contributed by atoms with Gasteiger partial charge in [0.1, 0.15) is 0 Å². The van der Waals surface area contributed by atoms with E-state index in [9.17, 15) is 9.59 Å². The van der Waals surface area contributed by atoms with Crippen LogP contribution in [-0.2, 0) is 16.0 Å². The molecule has 2 aliphatic heterocycles. The largest absolute Gasteiger partial charge is 0.342 e. The third kappa shape index (κ3) is 3.51. The molecule has 0 unspecified atom stereocenters. The molecule has 1 saturated carbocycles. The number of likely N-dealkylation sites (tertiary alicyclic amines) is 2. The Morgan fingerprint density at radius 1 is 0.931 bits per heavy atom. The number of benzene rings is 1.